The number of aldehydes is 1. The molecule has 0 spiro atoms. The first-order valence-electron chi connectivity index (χ1n) is 4.05. The number of rotatable bonds is 3. The van der Waals surface area contributed by atoms with Crippen molar-refractivity contribution in [1.82, 2.24) is 14.8 Å². The molecule has 0 aliphatic heterocycles. The van der Waals surface area contributed by atoms with Crippen LogP contribution in [0, 0.1) is 0 Å². The molecule has 0 saturated heterocycles. The first-order chi connectivity index (χ1) is 7.20. The van der Waals surface area contributed by atoms with Crippen molar-refractivity contribution in [1.29, 1.82) is 0 Å². The lowest BCUT2D eigenvalue weighted by Gasteiger charge is -1.94. The predicted molar refractivity (Wildman–Crippen MR) is 52.0 cm³/mol. The summed E-state index contributed by atoms with van der Waals surface area (Å²) in [6, 6.07) is 3.20. The first-order valence-corrected chi connectivity index (χ1v) is 4.86. The molecule has 0 amide bonds. The molecule has 15 heavy (non-hydrogen) atoms. The van der Waals surface area contributed by atoms with E-state index in [2.05, 4.69) is 10.2 Å². The van der Waals surface area contributed by atoms with Gasteiger partial charge in [-0.3, -0.25) is 9.36 Å². The maximum absolute atomic E-state index is 11.0. The molecule has 2 rings (SSSR count). The van der Waals surface area contributed by atoms with Gasteiger partial charge in [0.15, 0.2) is 22.3 Å². The summed E-state index contributed by atoms with van der Waals surface area (Å²) in [7, 11) is 1.59. The number of H-pyrrole nitrogens is 1. The maximum atomic E-state index is 11.0. The van der Waals surface area contributed by atoms with E-state index in [0.717, 1.165) is 0 Å². The molecule has 0 bridgehead atoms. The monoisotopic (exact) mass is 225 g/mol. The Morgan fingerprint density at radius 1 is 1.60 bits per heavy atom. The third kappa shape index (κ3) is 1.86. The van der Waals surface area contributed by atoms with E-state index in [9.17, 15) is 9.59 Å². The molecular formula is C8H7N3O3S. The molecule has 0 aliphatic rings. The molecule has 78 valence electrons. The van der Waals surface area contributed by atoms with Gasteiger partial charge >= 0.3 is 5.69 Å². The van der Waals surface area contributed by atoms with Crippen LogP contribution in [0.2, 0.25) is 0 Å². The highest BCUT2D eigenvalue weighted by Gasteiger charge is 2.09. The van der Waals surface area contributed by atoms with Gasteiger partial charge in [-0.05, 0) is 23.9 Å². The van der Waals surface area contributed by atoms with Gasteiger partial charge in [0.25, 0.3) is 0 Å². The SMILES string of the molecule is Cn1c(Sc2ccc(C=O)o2)n[nH]c1=O. The van der Waals surface area contributed by atoms with E-state index in [-0.39, 0.29) is 11.4 Å². The number of hydrogen-bond donors (Lipinski definition) is 1. The number of nitrogens with zero attached hydrogens (tertiary/aromatic N) is 2. The van der Waals surface area contributed by atoms with Gasteiger partial charge in [0.05, 0.1) is 0 Å². The Hall–Kier alpha value is -1.76. The van der Waals surface area contributed by atoms with Crippen LogP contribution in [0.5, 0.6) is 0 Å². The molecule has 2 heterocycles. The van der Waals surface area contributed by atoms with Crippen molar-refractivity contribution in [3.8, 4) is 0 Å². The highest BCUT2D eigenvalue weighted by Crippen LogP contribution is 2.25. The zero-order valence-corrected chi connectivity index (χ0v) is 8.58. The minimum absolute atomic E-state index is 0.248. The minimum Gasteiger partial charge on any atom is -0.447 e. The maximum Gasteiger partial charge on any atom is 0.343 e. The summed E-state index contributed by atoms with van der Waals surface area (Å²) < 4.78 is 6.48. The van der Waals surface area contributed by atoms with Gasteiger partial charge in [0.1, 0.15) is 0 Å². The molecule has 6 nitrogen and oxygen atoms in total. The first kappa shape index (κ1) is 9.78. The zero-order valence-electron chi connectivity index (χ0n) is 7.76. The molecule has 2 aromatic rings. The fraction of sp³-hybridized carbons (Fsp3) is 0.125. The Morgan fingerprint density at radius 3 is 2.93 bits per heavy atom. The van der Waals surface area contributed by atoms with Gasteiger partial charge < -0.3 is 4.42 Å². The molecule has 0 unspecified atom stereocenters. The molecule has 1 N–H and O–H groups in total. The van der Waals surface area contributed by atoms with E-state index in [4.69, 9.17) is 4.42 Å². The van der Waals surface area contributed by atoms with E-state index in [1.165, 1.54) is 16.3 Å². The second-order valence-corrected chi connectivity index (χ2v) is 3.72. The van der Waals surface area contributed by atoms with Crippen molar-refractivity contribution in [2.75, 3.05) is 0 Å². The van der Waals surface area contributed by atoms with Gasteiger partial charge in [-0.25, -0.2) is 9.89 Å². The van der Waals surface area contributed by atoms with Gasteiger partial charge in [-0.15, -0.1) is 5.10 Å². The van der Waals surface area contributed by atoms with Crippen molar-refractivity contribution < 1.29 is 9.21 Å². The van der Waals surface area contributed by atoms with E-state index in [1.54, 1.807) is 19.2 Å². The summed E-state index contributed by atoms with van der Waals surface area (Å²) in [6.45, 7) is 0. The molecule has 0 radical (unpaired) electrons. The Morgan fingerprint density at radius 2 is 2.40 bits per heavy atom. The topological polar surface area (TPSA) is 80.9 Å². The fourth-order valence-electron chi connectivity index (χ4n) is 0.966. The highest BCUT2D eigenvalue weighted by molar-refractivity contribution is 7.99. The quantitative estimate of drug-likeness (QED) is 0.776. The zero-order chi connectivity index (χ0) is 10.8. The van der Waals surface area contributed by atoms with Crippen LogP contribution in [0.3, 0.4) is 0 Å². The summed E-state index contributed by atoms with van der Waals surface area (Å²) in [5, 5.41) is 7.08. The number of furan rings is 1. The van der Waals surface area contributed by atoms with Gasteiger partial charge in [0, 0.05) is 7.05 Å². The molecule has 0 aromatic carbocycles. The lowest BCUT2D eigenvalue weighted by atomic mass is 10.5. The molecular weight excluding hydrogens is 218 g/mol. The van der Waals surface area contributed by atoms with Crippen LogP contribution in [-0.4, -0.2) is 21.1 Å². The standard InChI is InChI=1S/C8H7N3O3S/c1-11-7(13)9-10-8(11)15-6-3-2-5(4-12)14-6/h2-4H,1H3,(H,9,13). The summed E-state index contributed by atoms with van der Waals surface area (Å²) in [5.41, 5.74) is -0.292. The third-order valence-corrected chi connectivity index (χ3v) is 2.72. The van der Waals surface area contributed by atoms with Crippen molar-refractivity contribution in [2.45, 2.75) is 10.2 Å². The molecule has 0 saturated carbocycles. The second-order valence-electron chi connectivity index (χ2n) is 2.75. The highest BCUT2D eigenvalue weighted by atomic mass is 32.2. The lowest BCUT2D eigenvalue weighted by Crippen LogP contribution is -2.12. The van der Waals surface area contributed by atoms with E-state index in [1.807, 2.05) is 0 Å². The van der Waals surface area contributed by atoms with Crippen LogP contribution in [0.15, 0.2) is 31.6 Å². The summed E-state index contributed by atoms with van der Waals surface area (Å²) in [6.07, 6.45) is 0.619. The average Bonchev–Trinajstić information content (AvgIpc) is 2.80. The van der Waals surface area contributed by atoms with Gasteiger partial charge in [-0.2, -0.15) is 0 Å². The normalized spacial score (nSPS) is 10.5. The lowest BCUT2D eigenvalue weighted by molar-refractivity contribution is 0.109. The van der Waals surface area contributed by atoms with Crippen LogP contribution in [0.25, 0.3) is 0 Å². The fourth-order valence-corrected chi connectivity index (χ4v) is 1.73. The molecule has 2 aromatic heterocycles. The van der Waals surface area contributed by atoms with Crippen molar-refractivity contribution in [2.24, 2.45) is 7.05 Å². The average molecular weight is 225 g/mol. The van der Waals surface area contributed by atoms with E-state index < -0.39 is 0 Å². The number of aromatic nitrogens is 3. The Bertz CT molecular complexity index is 539. The molecule has 7 heteroatoms. The van der Waals surface area contributed by atoms with E-state index >= 15 is 0 Å². The predicted octanol–water partition coefficient (Wildman–Crippen LogP) is 0.665. The number of carbonyl (C=O) groups is 1. The van der Waals surface area contributed by atoms with Crippen LogP contribution in [0.1, 0.15) is 10.6 Å². The number of hydrogen-bond acceptors (Lipinski definition) is 5. The second kappa shape index (κ2) is 3.77. The molecule has 0 atom stereocenters. The van der Waals surface area contributed by atoms with Gasteiger partial charge in [0.2, 0.25) is 0 Å². The Balaban J connectivity index is 2.25. The number of nitrogens with one attached hydrogen (secondary N) is 1. The van der Waals surface area contributed by atoms with Gasteiger partial charge in [-0.1, -0.05) is 0 Å². The summed E-state index contributed by atoms with van der Waals surface area (Å²) in [4.78, 5) is 21.4. The van der Waals surface area contributed by atoms with Crippen LogP contribution < -0.4 is 5.69 Å². The summed E-state index contributed by atoms with van der Waals surface area (Å²) in [5.74, 6) is 0.248. The van der Waals surface area contributed by atoms with Crippen molar-refractivity contribution in [3.63, 3.8) is 0 Å². The summed E-state index contributed by atoms with van der Waals surface area (Å²) >= 11 is 1.17. The van der Waals surface area contributed by atoms with Crippen LogP contribution >= 0.6 is 11.8 Å². The van der Waals surface area contributed by atoms with Crippen LogP contribution in [-0.2, 0) is 7.05 Å². The van der Waals surface area contributed by atoms with Crippen molar-refractivity contribution >= 4 is 18.0 Å². The third-order valence-electron chi connectivity index (χ3n) is 1.75. The largest absolute Gasteiger partial charge is 0.447 e. The Labute approximate surface area is 88.3 Å². The molecule has 0 aliphatic carbocycles. The van der Waals surface area contributed by atoms with Crippen LogP contribution in [0.4, 0.5) is 0 Å². The Kier molecular flexibility index (Phi) is 2.46. The molecule has 0 fully saturated rings. The number of aromatic amines is 1. The number of carbonyl (C=O) groups excluding carboxylic acids is 1. The minimum atomic E-state index is -0.292. The van der Waals surface area contributed by atoms with Crippen molar-refractivity contribution in [3.05, 3.63) is 28.4 Å². The van der Waals surface area contributed by atoms with E-state index in [0.29, 0.717) is 16.5 Å². The smallest absolute Gasteiger partial charge is 0.343 e.